The minimum Gasteiger partial charge on any atom is -0.376 e. The van der Waals surface area contributed by atoms with Crippen LogP contribution >= 0.6 is 0 Å². The molecule has 162 valence electrons. The van der Waals surface area contributed by atoms with Crippen LogP contribution in [-0.2, 0) is 11.3 Å². The quantitative estimate of drug-likeness (QED) is 0.267. The molecular formula is C28H24N4O. The van der Waals surface area contributed by atoms with Crippen molar-refractivity contribution in [3.8, 4) is 0 Å². The highest BCUT2D eigenvalue weighted by molar-refractivity contribution is 6.00. The SMILES string of the molecule is O=C(CNc1cccc2ccccc12)N/N=C\c1cn(Cc2ccccc2)c2ccccc12. The van der Waals surface area contributed by atoms with E-state index in [1.165, 1.54) is 5.56 Å². The standard InChI is InChI=1S/C28H24N4O/c33-28(18-29-26-15-8-12-22-11-4-5-13-24(22)26)31-30-17-23-20-32(19-21-9-2-1-3-10-21)27-16-7-6-14-25(23)27/h1-17,20,29H,18-19H2,(H,31,33)/b30-17-. The number of carbonyl (C=O) groups is 1. The lowest BCUT2D eigenvalue weighted by Crippen LogP contribution is -2.25. The first-order chi connectivity index (χ1) is 16.3. The summed E-state index contributed by atoms with van der Waals surface area (Å²) in [6.45, 7) is 0.914. The Morgan fingerprint density at radius 2 is 1.55 bits per heavy atom. The first-order valence-corrected chi connectivity index (χ1v) is 10.9. The Morgan fingerprint density at radius 1 is 0.818 bits per heavy atom. The highest BCUT2D eigenvalue weighted by atomic mass is 16.2. The van der Waals surface area contributed by atoms with Crippen LogP contribution in [-0.4, -0.2) is 23.2 Å². The molecule has 5 rings (SSSR count). The Bertz CT molecular complexity index is 1430. The number of nitrogens with one attached hydrogen (secondary N) is 2. The predicted molar refractivity (Wildman–Crippen MR) is 136 cm³/mol. The van der Waals surface area contributed by atoms with Gasteiger partial charge in [-0.05, 0) is 23.1 Å². The fourth-order valence-corrected chi connectivity index (χ4v) is 4.06. The van der Waals surface area contributed by atoms with E-state index in [1.807, 2.05) is 60.7 Å². The van der Waals surface area contributed by atoms with Crippen LogP contribution in [0.2, 0.25) is 0 Å². The third-order valence-corrected chi connectivity index (χ3v) is 5.64. The number of nitrogens with zero attached hydrogens (tertiary/aromatic N) is 2. The monoisotopic (exact) mass is 432 g/mol. The number of benzene rings is 4. The number of fused-ring (bicyclic) bond motifs is 2. The molecule has 0 aliphatic rings. The van der Waals surface area contributed by atoms with E-state index in [-0.39, 0.29) is 12.5 Å². The highest BCUT2D eigenvalue weighted by Gasteiger charge is 2.08. The Balaban J connectivity index is 1.26. The maximum Gasteiger partial charge on any atom is 0.259 e. The maximum absolute atomic E-state index is 12.4. The van der Waals surface area contributed by atoms with E-state index in [9.17, 15) is 4.79 Å². The van der Waals surface area contributed by atoms with Gasteiger partial charge in [0.15, 0.2) is 0 Å². The third kappa shape index (κ3) is 4.62. The molecule has 0 atom stereocenters. The van der Waals surface area contributed by atoms with Gasteiger partial charge in [0.2, 0.25) is 0 Å². The lowest BCUT2D eigenvalue weighted by Gasteiger charge is -2.08. The molecule has 1 amide bonds. The number of hydrogen-bond acceptors (Lipinski definition) is 3. The van der Waals surface area contributed by atoms with Crippen LogP contribution < -0.4 is 10.7 Å². The minimum atomic E-state index is -0.202. The van der Waals surface area contributed by atoms with Crippen LogP contribution in [0.15, 0.2) is 108 Å². The van der Waals surface area contributed by atoms with E-state index in [2.05, 4.69) is 63.0 Å². The second kappa shape index (κ2) is 9.40. The summed E-state index contributed by atoms with van der Waals surface area (Å²) < 4.78 is 2.20. The van der Waals surface area contributed by atoms with Gasteiger partial charge >= 0.3 is 0 Å². The molecule has 5 nitrogen and oxygen atoms in total. The Hall–Kier alpha value is -4.38. The fraction of sp³-hybridized carbons (Fsp3) is 0.0714. The summed E-state index contributed by atoms with van der Waals surface area (Å²) >= 11 is 0. The van der Waals surface area contributed by atoms with Crippen LogP contribution in [0, 0.1) is 0 Å². The van der Waals surface area contributed by atoms with Crippen molar-refractivity contribution >= 4 is 39.5 Å². The zero-order chi connectivity index (χ0) is 22.5. The molecule has 5 heteroatoms. The average Bonchev–Trinajstić information content (AvgIpc) is 3.20. The van der Waals surface area contributed by atoms with Crippen molar-refractivity contribution in [2.24, 2.45) is 5.10 Å². The van der Waals surface area contributed by atoms with Crippen LogP contribution in [0.1, 0.15) is 11.1 Å². The van der Waals surface area contributed by atoms with E-state index in [0.29, 0.717) is 0 Å². The van der Waals surface area contributed by atoms with Crippen molar-refractivity contribution in [3.05, 3.63) is 114 Å². The maximum atomic E-state index is 12.4. The predicted octanol–water partition coefficient (Wildman–Crippen LogP) is 5.41. The molecule has 33 heavy (non-hydrogen) atoms. The molecule has 2 N–H and O–H groups in total. The number of para-hydroxylation sites is 1. The topological polar surface area (TPSA) is 58.4 Å². The lowest BCUT2D eigenvalue weighted by atomic mass is 10.1. The van der Waals surface area contributed by atoms with Gasteiger partial charge in [-0.15, -0.1) is 0 Å². The van der Waals surface area contributed by atoms with Gasteiger partial charge in [-0.25, -0.2) is 5.43 Å². The van der Waals surface area contributed by atoms with Gasteiger partial charge in [-0.3, -0.25) is 4.79 Å². The average molecular weight is 433 g/mol. The molecule has 0 aliphatic carbocycles. The van der Waals surface area contributed by atoms with Crippen molar-refractivity contribution in [1.29, 1.82) is 0 Å². The van der Waals surface area contributed by atoms with E-state index in [0.717, 1.165) is 39.5 Å². The summed E-state index contributed by atoms with van der Waals surface area (Å²) in [7, 11) is 0. The van der Waals surface area contributed by atoms with E-state index in [4.69, 9.17) is 0 Å². The van der Waals surface area contributed by atoms with Crippen molar-refractivity contribution in [2.75, 3.05) is 11.9 Å². The van der Waals surface area contributed by atoms with Gasteiger partial charge in [-0.2, -0.15) is 5.10 Å². The molecule has 1 aromatic heterocycles. The van der Waals surface area contributed by atoms with E-state index >= 15 is 0 Å². The van der Waals surface area contributed by atoms with Crippen molar-refractivity contribution in [1.82, 2.24) is 9.99 Å². The second-order valence-electron chi connectivity index (χ2n) is 7.89. The van der Waals surface area contributed by atoms with Crippen LogP contribution in [0.25, 0.3) is 21.7 Å². The molecule has 4 aromatic carbocycles. The number of amides is 1. The molecule has 5 aromatic rings. The van der Waals surface area contributed by atoms with Crippen molar-refractivity contribution < 1.29 is 4.79 Å². The molecule has 0 aliphatic heterocycles. The number of anilines is 1. The van der Waals surface area contributed by atoms with Crippen molar-refractivity contribution in [3.63, 3.8) is 0 Å². The molecule has 0 bridgehead atoms. The lowest BCUT2D eigenvalue weighted by molar-refractivity contribution is -0.119. The third-order valence-electron chi connectivity index (χ3n) is 5.64. The van der Waals surface area contributed by atoms with Crippen molar-refractivity contribution in [2.45, 2.75) is 6.54 Å². The Morgan fingerprint density at radius 3 is 2.42 bits per heavy atom. The number of aromatic nitrogens is 1. The van der Waals surface area contributed by atoms with E-state index in [1.54, 1.807) is 6.21 Å². The summed E-state index contributed by atoms with van der Waals surface area (Å²) in [6, 6.07) is 32.7. The molecule has 0 fully saturated rings. The number of hydrogen-bond donors (Lipinski definition) is 2. The first-order valence-electron chi connectivity index (χ1n) is 10.9. The summed E-state index contributed by atoms with van der Waals surface area (Å²) in [5, 5.41) is 10.7. The Labute approximate surface area is 192 Å². The van der Waals surface area contributed by atoms with Gasteiger partial charge < -0.3 is 9.88 Å². The molecule has 0 radical (unpaired) electrons. The summed E-state index contributed by atoms with van der Waals surface area (Å²) in [4.78, 5) is 12.4. The molecule has 1 heterocycles. The zero-order valence-corrected chi connectivity index (χ0v) is 18.1. The van der Waals surface area contributed by atoms with Gasteiger partial charge in [0.05, 0.1) is 12.8 Å². The largest absolute Gasteiger partial charge is 0.376 e. The normalized spacial score (nSPS) is 11.3. The molecule has 0 unspecified atom stereocenters. The smallest absolute Gasteiger partial charge is 0.259 e. The summed E-state index contributed by atoms with van der Waals surface area (Å²) in [6.07, 6.45) is 3.78. The second-order valence-corrected chi connectivity index (χ2v) is 7.89. The first kappa shape index (κ1) is 20.5. The van der Waals surface area contributed by atoms with Gasteiger partial charge in [0.1, 0.15) is 0 Å². The highest BCUT2D eigenvalue weighted by Crippen LogP contribution is 2.23. The van der Waals surface area contributed by atoms with Gasteiger partial charge in [-0.1, -0.05) is 84.9 Å². The Kier molecular flexibility index (Phi) is 5.85. The fourth-order valence-electron chi connectivity index (χ4n) is 4.06. The van der Waals surface area contributed by atoms with Crippen LogP contribution in [0.5, 0.6) is 0 Å². The molecule has 0 saturated heterocycles. The zero-order valence-electron chi connectivity index (χ0n) is 18.1. The molecule has 0 spiro atoms. The van der Waals surface area contributed by atoms with Gasteiger partial charge in [0, 0.05) is 40.3 Å². The number of rotatable bonds is 7. The van der Waals surface area contributed by atoms with Crippen LogP contribution in [0.3, 0.4) is 0 Å². The number of hydrazone groups is 1. The summed E-state index contributed by atoms with van der Waals surface area (Å²) in [5.41, 5.74) is 6.88. The number of carbonyl (C=O) groups excluding carboxylic acids is 1. The molecular weight excluding hydrogens is 408 g/mol. The van der Waals surface area contributed by atoms with E-state index < -0.39 is 0 Å². The molecule has 0 saturated carbocycles. The minimum absolute atomic E-state index is 0.140. The summed E-state index contributed by atoms with van der Waals surface area (Å²) in [5.74, 6) is -0.202. The van der Waals surface area contributed by atoms with Crippen LogP contribution in [0.4, 0.5) is 5.69 Å². The van der Waals surface area contributed by atoms with Gasteiger partial charge in [0.25, 0.3) is 5.91 Å².